The molecule has 0 aliphatic rings. The number of carbonyl (C=O) groups is 1. The van der Waals surface area contributed by atoms with Crippen molar-refractivity contribution in [1.82, 2.24) is 4.98 Å². The summed E-state index contributed by atoms with van der Waals surface area (Å²) in [6.45, 7) is 0.0122. The monoisotopic (exact) mass is 440 g/mol. The summed E-state index contributed by atoms with van der Waals surface area (Å²) in [5.74, 6) is -1.68. The number of hydrogen-bond donors (Lipinski definition) is 0. The summed E-state index contributed by atoms with van der Waals surface area (Å²) in [6.07, 6.45) is -2.44. The molecule has 1 heterocycles. The average molecular weight is 441 g/mol. The van der Waals surface area contributed by atoms with Crippen LogP contribution in [-0.4, -0.2) is 17.1 Å². The van der Waals surface area contributed by atoms with Crippen LogP contribution in [0.4, 0.5) is 24.5 Å². The van der Waals surface area contributed by atoms with Crippen LogP contribution in [0.2, 0.25) is 10.0 Å². The molecule has 150 valence electrons. The second-order valence-electron chi connectivity index (χ2n) is 5.88. The maximum absolute atomic E-state index is 13.2. The van der Waals surface area contributed by atoms with Crippen LogP contribution >= 0.6 is 23.2 Å². The molecule has 0 N–H and O–H groups in total. The smallest absolute Gasteiger partial charge is 0.472 e. The van der Waals surface area contributed by atoms with Gasteiger partial charge in [-0.15, -0.1) is 0 Å². The van der Waals surface area contributed by atoms with E-state index in [9.17, 15) is 18.0 Å². The Kier molecular flexibility index (Phi) is 6.30. The summed E-state index contributed by atoms with van der Waals surface area (Å²) >= 11 is 12.0. The zero-order valence-corrected chi connectivity index (χ0v) is 16.2. The van der Waals surface area contributed by atoms with Gasteiger partial charge < -0.3 is 4.74 Å². The van der Waals surface area contributed by atoms with E-state index in [-0.39, 0.29) is 18.0 Å². The van der Waals surface area contributed by atoms with Crippen LogP contribution in [0.3, 0.4) is 0 Å². The molecule has 3 rings (SSSR count). The third-order valence-corrected chi connectivity index (χ3v) is 4.37. The Morgan fingerprint density at radius 2 is 1.72 bits per heavy atom. The van der Waals surface area contributed by atoms with Gasteiger partial charge in [-0.05, 0) is 42.0 Å². The van der Waals surface area contributed by atoms with Crippen LogP contribution in [0.5, 0.6) is 5.75 Å². The van der Waals surface area contributed by atoms with Gasteiger partial charge in [0, 0.05) is 29.2 Å². The van der Waals surface area contributed by atoms with Gasteiger partial charge in [-0.25, -0.2) is 0 Å². The second kappa shape index (κ2) is 8.71. The standard InChI is InChI=1S/C20H13Cl2F3N2O2/c21-14-4-5-17(22)18(11-14)29-12-13-2-1-3-16(10-13)27(19(28)20(23,24)25)15-6-8-26-9-7-15/h1-11H,12H2. The van der Waals surface area contributed by atoms with Gasteiger partial charge in [0.05, 0.1) is 10.7 Å². The topological polar surface area (TPSA) is 42.4 Å². The Labute approximate surface area is 174 Å². The van der Waals surface area contributed by atoms with Crippen molar-refractivity contribution in [2.75, 3.05) is 4.90 Å². The lowest BCUT2D eigenvalue weighted by Gasteiger charge is -2.24. The molecule has 1 amide bonds. The van der Waals surface area contributed by atoms with E-state index in [1.807, 2.05) is 0 Å². The van der Waals surface area contributed by atoms with Crippen LogP contribution in [-0.2, 0) is 11.4 Å². The van der Waals surface area contributed by atoms with Crippen molar-refractivity contribution in [3.8, 4) is 5.75 Å². The van der Waals surface area contributed by atoms with Crippen molar-refractivity contribution < 1.29 is 22.7 Å². The number of carbonyl (C=O) groups excluding carboxylic acids is 1. The number of aromatic nitrogens is 1. The zero-order valence-electron chi connectivity index (χ0n) is 14.7. The summed E-state index contributed by atoms with van der Waals surface area (Å²) in [5, 5.41) is 0.772. The van der Waals surface area contributed by atoms with E-state index in [2.05, 4.69) is 4.98 Å². The predicted octanol–water partition coefficient (Wildman–Crippen LogP) is 6.19. The van der Waals surface area contributed by atoms with E-state index in [0.717, 1.165) is 0 Å². The number of nitrogens with zero attached hydrogens (tertiary/aromatic N) is 2. The maximum Gasteiger partial charge on any atom is 0.472 e. The maximum atomic E-state index is 13.2. The lowest BCUT2D eigenvalue weighted by Crippen LogP contribution is -2.38. The first kappa shape index (κ1) is 21.0. The van der Waals surface area contributed by atoms with Crippen molar-refractivity contribution in [3.63, 3.8) is 0 Å². The van der Waals surface area contributed by atoms with Crippen LogP contribution in [0, 0.1) is 0 Å². The number of alkyl halides is 3. The predicted molar refractivity (Wildman–Crippen MR) is 105 cm³/mol. The minimum atomic E-state index is -5.05. The quantitative estimate of drug-likeness (QED) is 0.474. The molecule has 0 saturated carbocycles. The minimum Gasteiger partial charge on any atom is -0.487 e. The number of halogens is 5. The van der Waals surface area contributed by atoms with Crippen molar-refractivity contribution in [3.05, 3.63) is 82.6 Å². The molecule has 0 unspecified atom stereocenters. The van der Waals surface area contributed by atoms with Crippen LogP contribution in [0.25, 0.3) is 0 Å². The van der Waals surface area contributed by atoms with Gasteiger partial charge in [-0.3, -0.25) is 14.7 Å². The normalized spacial score (nSPS) is 11.2. The molecule has 2 aromatic carbocycles. The summed E-state index contributed by atoms with van der Waals surface area (Å²) in [5.41, 5.74) is 0.614. The summed E-state index contributed by atoms with van der Waals surface area (Å²) in [7, 11) is 0. The minimum absolute atomic E-state index is 0.0122. The number of benzene rings is 2. The first-order chi connectivity index (χ1) is 13.8. The van der Waals surface area contributed by atoms with Crippen molar-refractivity contribution in [1.29, 1.82) is 0 Å². The summed E-state index contributed by atoms with van der Waals surface area (Å²) in [6, 6.07) is 13.4. The molecule has 0 saturated heterocycles. The lowest BCUT2D eigenvalue weighted by molar-refractivity contribution is -0.169. The van der Waals surface area contributed by atoms with E-state index in [1.165, 1.54) is 48.8 Å². The first-order valence-electron chi connectivity index (χ1n) is 8.24. The van der Waals surface area contributed by atoms with E-state index in [4.69, 9.17) is 27.9 Å². The molecule has 4 nitrogen and oxygen atoms in total. The molecule has 9 heteroatoms. The number of ether oxygens (including phenoxy) is 1. The van der Waals surface area contributed by atoms with Crippen molar-refractivity contribution in [2.45, 2.75) is 12.8 Å². The highest BCUT2D eigenvalue weighted by Crippen LogP contribution is 2.32. The third kappa shape index (κ3) is 5.19. The number of anilines is 2. The summed E-state index contributed by atoms with van der Waals surface area (Å²) < 4.78 is 45.1. The SMILES string of the molecule is O=C(N(c1ccncc1)c1cccc(COc2cc(Cl)ccc2Cl)c1)C(F)(F)F. The number of hydrogen-bond acceptors (Lipinski definition) is 3. The van der Waals surface area contributed by atoms with E-state index in [1.54, 1.807) is 18.2 Å². The molecule has 29 heavy (non-hydrogen) atoms. The molecular weight excluding hydrogens is 428 g/mol. The van der Waals surface area contributed by atoms with Gasteiger partial charge in [0.2, 0.25) is 0 Å². The molecule has 0 fully saturated rings. The Bertz CT molecular complexity index is 1010. The van der Waals surface area contributed by atoms with E-state index in [0.29, 0.717) is 26.3 Å². The fraction of sp³-hybridized carbons (Fsp3) is 0.100. The third-order valence-electron chi connectivity index (χ3n) is 3.82. The number of rotatable bonds is 5. The molecule has 0 bridgehead atoms. The van der Waals surface area contributed by atoms with Gasteiger partial charge in [0.25, 0.3) is 0 Å². The van der Waals surface area contributed by atoms with Crippen LogP contribution in [0.1, 0.15) is 5.56 Å². The molecule has 1 aromatic heterocycles. The zero-order chi connectivity index (χ0) is 21.0. The highest BCUT2D eigenvalue weighted by molar-refractivity contribution is 6.34. The van der Waals surface area contributed by atoms with Gasteiger partial charge in [-0.2, -0.15) is 13.2 Å². The Morgan fingerprint density at radius 3 is 2.41 bits per heavy atom. The lowest BCUT2D eigenvalue weighted by atomic mass is 10.1. The molecule has 0 atom stereocenters. The fourth-order valence-corrected chi connectivity index (χ4v) is 2.87. The van der Waals surface area contributed by atoms with Crippen molar-refractivity contribution >= 4 is 40.5 Å². The second-order valence-corrected chi connectivity index (χ2v) is 6.72. The Morgan fingerprint density at radius 1 is 1.00 bits per heavy atom. The average Bonchev–Trinajstić information content (AvgIpc) is 2.69. The van der Waals surface area contributed by atoms with Crippen LogP contribution < -0.4 is 9.64 Å². The molecule has 0 spiro atoms. The Hall–Kier alpha value is -2.77. The number of pyridine rings is 1. The highest BCUT2D eigenvalue weighted by Gasteiger charge is 2.43. The molecule has 0 aliphatic carbocycles. The van der Waals surface area contributed by atoms with Crippen molar-refractivity contribution in [2.24, 2.45) is 0 Å². The van der Waals surface area contributed by atoms with E-state index >= 15 is 0 Å². The van der Waals surface area contributed by atoms with Gasteiger partial charge in [0.1, 0.15) is 12.4 Å². The van der Waals surface area contributed by atoms with E-state index < -0.39 is 12.1 Å². The van der Waals surface area contributed by atoms with Gasteiger partial charge >= 0.3 is 12.1 Å². The fourth-order valence-electron chi connectivity index (χ4n) is 2.54. The first-order valence-corrected chi connectivity index (χ1v) is 8.99. The van der Waals surface area contributed by atoms with Gasteiger partial charge in [0.15, 0.2) is 0 Å². The molecule has 3 aromatic rings. The molecule has 0 aliphatic heterocycles. The highest BCUT2D eigenvalue weighted by atomic mass is 35.5. The van der Waals surface area contributed by atoms with Gasteiger partial charge in [-0.1, -0.05) is 35.3 Å². The molecular formula is C20H13Cl2F3N2O2. The van der Waals surface area contributed by atoms with Crippen LogP contribution in [0.15, 0.2) is 67.0 Å². The largest absolute Gasteiger partial charge is 0.487 e. The Balaban J connectivity index is 1.90. The number of amides is 1. The molecule has 0 radical (unpaired) electrons. The summed E-state index contributed by atoms with van der Waals surface area (Å²) in [4.78, 5) is 16.4.